The second kappa shape index (κ2) is 4.89. The largest absolute Gasteiger partial charge is 0.122 e. The van der Waals surface area contributed by atoms with E-state index in [2.05, 4.69) is 44.2 Å². The van der Waals surface area contributed by atoms with Crippen molar-refractivity contribution in [2.75, 3.05) is 0 Å². The maximum Gasteiger partial charge on any atom is 0.0127 e. The highest BCUT2D eigenvalue weighted by Gasteiger charge is 2.16. The summed E-state index contributed by atoms with van der Waals surface area (Å²) in [5.74, 6) is 0. The molecule has 2 rings (SSSR count). The van der Waals surface area contributed by atoms with Crippen molar-refractivity contribution in [3.05, 3.63) is 41.5 Å². The van der Waals surface area contributed by atoms with Crippen LogP contribution in [0, 0.1) is 0 Å². The Morgan fingerprint density at radius 3 is 2.47 bits per heavy atom. The second-order valence-electron chi connectivity index (χ2n) is 4.00. The predicted octanol–water partition coefficient (Wildman–Crippen LogP) is 4.51. The molecule has 1 heterocycles. The minimum Gasteiger partial charge on any atom is -0.122 e. The Kier molecular flexibility index (Phi) is 3.53. The zero-order chi connectivity index (χ0) is 10.7. The third-order valence-corrected chi connectivity index (χ3v) is 4.48. The molecule has 1 aromatic carbocycles. The van der Waals surface area contributed by atoms with Gasteiger partial charge >= 0.3 is 0 Å². The Bertz CT molecular complexity index is 348. The highest BCUT2D eigenvalue weighted by atomic mass is 32.2. The normalized spacial score (nSPS) is 20.4. The van der Waals surface area contributed by atoms with Crippen LogP contribution in [-0.4, -0.2) is 5.25 Å². The number of aryl methyl sites for hydroxylation is 1. The minimum atomic E-state index is 0.811. The summed E-state index contributed by atoms with van der Waals surface area (Å²) in [6.07, 6.45) is 6.04. The molecular formula is C14H18S. The summed E-state index contributed by atoms with van der Waals surface area (Å²) >= 11 is 2.04. The summed E-state index contributed by atoms with van der Waals surface area (Å²) in [6.45, 7) is 4.47. The second-order valence-corrected chi connectivity index (χ2v) is 5.34. The number of hydrogen-bond donors (Lipinski definition) is 0. The van der Waals surface area contributed by atoms with Crippen molar-refractivity contribution in [1.82, 2.24) is 0 Å². The third-order valence-electron chi connectivity index (χ3n) is 2.96. The molecule has 0 fully saturated rings. The molecular weight excluding hydrogens is 200 g/mol. The Labute approximate surface area is 96.8 Å². The molecule has 0 bridgehead atoms. The molecule has 1 aromatic rings. The molecule has 1 aliphatic rings. The molecule has 0 aromatic heterocycles. The van der Waals surface area contributed by atoms with Crippen LogP contribution in [0.2, 0.25) is 0 Å². The highest BCUT2D eigenvalue weighted by Crippen LogP contribution is 2.40. The average Bonchev–Trinajstić information content (AvgIpc) is 2.78. The monoisotopic (exact) mass is 218 g/mol. The van der Waals surface area contributed by atoms with Gasteiger partial charge in [0, 0.05) is 10.2 Å². The molecule has 0 radical (unpaired) electrons. The van der Waals surface area contributed by atoms with Gasteiger partial charge in [-0.15, -0.1) is 11.8 Å². The fraction of sp³-hybridized carbons (Fsp3) is 0.429. The topological polar surface area (TPSA) is 0 Å². The average molecular weight is 218 g/mol. The van der Waals surface area contributed by atoms with Crippen LogP contribution in [0.25, 0.3) is 4.91 Å². The van der Waals surface area contributed by atoms with E-state index >= 15 is 0 Å². The van der Waals surface area contributed by atoms with Gasteiger partial charge in [0.1, 0.15) is 0 Å². The van der Waals surface area contributed by atoms with Gasteiger partial charge in [-0.25, -0.2) is 0 Å². The lowest BCUT2D eigenvalue weighted by Gasteiger charge is -2.07. The quantitative estimate of drug-likeness (QED) is 0.719. The smallest absolute Gasteiger partial charge is 0.0127 e. The minimum absolute atomic E-state index is 0.811. The van der Waals surface area contributed by atoms with Gasteiger partial charge in [-0.1, -0.05) is 44.2 Å². The molecule has 0 N–H and O–H groups in total. The summed E-state index contributed by atoms with van der Waals surface area (Å²) < 4.78 is 0. The number of thioether (sulfide) groups is 1. The van der Waals surface area contributed by atoms with Crippen LogP contribution in [0.15, 0.2) is 30.3 Å². The van der Waals surface area contributed by atoms with E-state index in [0.717, 1.165) is 11.7 Å². The lowest BCUT2D eigenvalue weighted by atomic mass is 10.1. The number of hydrogen-bond acceptors (Lipinski definition) is 1. The molecule has 0 amide bonds. The Morgan fingerprint density at radius 2 is 1.93 bits per heavy atom. The summed E-state index contributed by atoms with van der Waals surface area (Å²) in [6, 6.07) is 9.01. The molecule has 0 nitrogen and oxygen atoms in total. The summed E-state index contributed by atoms with van der Waals surface area (Å²) in [7, 11) is 0. The zero-order valence-corrected chi connectivity index (χ0v) is 10.3. The van der Waals surface area contributed by atoms with E-state index in [9.17, 15) is 0 Å². The van der Waals surface area contributed by atoms with Gasteiger partial charge in [0.25, 0.3) is 0 Å². The molecule has 15 heavy (non-hydrogen) atoms. The van der Waals surface area contributed by atoms with Gasteiger partial charge in [0.2, 0.25) is 0 Å². The van der Waals surface area contributed by atoms with E-state index in [-0.39, 0.29) is 0 Å². The molecule has 0 saturated heterocycles. The standard InChI is InChI=1S/C14H18S/c1-3-11-5-7-12(8-6-11)14-10-9-13(4-2)15-14/h5-8,10,13H,3-4,9H2,1-2H3. The van der Waals surface area contributed by atoms with E-state index in [4.69, 9.17) is 0 Å². The molecule has 1 aliphatic heterocycles. The molecule has 0 saturated carbocycles. The van der Waals surface area contributed by atoms with E-state index in [0.29, 0.717) is 0 Å². The fourth-order valence-electron chi connectivity index (χ4n) is 1.85. The first-order valence-electron chi connectivity index (χ1n) is 5.79. The van der Waals surface area contributed by atoms with Crippen LogP contribution < -0.4 is 0 Å². The molecule has 1 heteroatoms. The van der Waals surface area contributed by atoms with Crippen molar-refractivity contribution >= 4 is 16.7 Å². The highest BCUT2D eigenvalue weighted by molar-refractivity contribution is 8.09. The van der Waals surface area contributed by atoms with Crippen LogP contribution in [0.5, 0.6) is 0 Å². The van der Waals surface area contributed by atoms with Gasteiger partial charge in [0.15, 0.2) is 0 Å². The molecule has 1 atom stereocenters. The van der Waals surface area contributed by atoms with Crippen molar-refractivity contribution < 1.29 is 0 Å². The van der Waals surface area contributed by atoms with Gasteiger partial charge in [-0.2, -0.15) is 0 Å². The SMILES string of the molecule is CCc1ccc(C2=CCC(CC)S2)cc1. The van der Waals surface area contributed by atoms with Crippen LogP contribution in [0.3, 0.4) is 0 Å². The molecule has 80 valence electrons. The number of rotatable bonds is 3. The first kappa shape index (κ1) is 10.8. The van der Waals surface area contributed by atoms with Crippen molar-refractivity contribution in [2.45, 2.75) is 38.4 Å². The van der Waals surface area contributed by atoms with Gasteiger partial charge in [-0.3, -0.25) is 0 Å². The number of benzene rings is 1. The van der Waals surface area contributed by atoms with Crippen LogP contribution in [-0.2, 0) is 6.42 Å². The van der Waals surface area contributed by atoms with Gasteiger partial charge in [0.05, 0.1) is 0 Å². The molecule has 1 unspecified atom stereocenters. The van der Waals surface area contributed by atoms with Crippen molar-refractivity contribution in [2.24, 2.45) is 0 Å². The van der Waals surface area contributed by atoms with Crippen LogP contribution >= 0.6 is 11.8 Å². The zero-order valence-electron chi connectivity index (χ0n) is 9.49. The maximum atomic E-state index is 2.39. The summed E-state index contributed by atoms with van der Waals surface area (Å²) in [4.78, 5) is 1.48. The van der Waals surface area contributed by atoms with E-state index in [1.54, 1.807) is 0 Å². The van der Waals surface area contributed by atoms with E-state index < -0.39 is 0 Å². The van der Waals surface area contributed by atoms with Crippen molar-refractivity contribution in [3.63, 3.8) is 0 Å². The predicted molar refractivity (Wildman–Crippen MR) is 70.1 cm³/mol. The lowest BCUT2D eigenvalue weighted by Crippen LogP contribution is -1.91. The summed E-state index contributed by atoms with van der Waals surface area (Å²) in [5.41, 5.74) is 2.82. The van der Waals surface area contributed by atoms with Crippen molar-refractivity contribution in [1.29, 1.82) is 0 Å². The molecule has 0 aliphatic carbocycles. The number of allylic oxidation sites excluding steroid dienone is 1. The van der Waals surface area contributed by atoms with E-state index in [1.807, 2.05) is 11.8 Å². The Morgan fingerprint density at radius 1 is 1.20 bits per heavy atom. The van der Waals surface area contributed by atoms with Gasteiger partial charge in [-0.05, 0) is 30.4 Å². The van der Waals surface area contributed by atoms with Crippen LogP contribution in [0.4, 0.5) is 0 Å². The first-order valence-corrected chi connectivity index (χ1v) is 6.67. The first-order chi connectivity index (χ1) is 7.33. The fourth-order valence-corrected chi connectivity index (χ4v) is 3.04. The van der Waals surface area contributed by atoms with Gasteiger partial charge < -0.3 is 0 Å². The van der Waals surface area contributed by atoms with Crippen LogP contribution in [0.1, 0.15) is 37.8 Å². The maximum absolute atomic E-state index is 2.39. The van der Waals surface area contributed by atoms with Crippen molar-refractivity contribution in [3.8, 4) is 0 Å². The Hall–Kier alpha value is -0.690. The van der Waals surface area contributed by atoms with E-state index in [1.165, 1.54) is 28.9 Å². The molecule has 0 spiro atoms. The lowest BCUT2D eigenvalue weighted by molar-refractivity contribution is 0.849. The summed E-state index contributed by atoms with van der Waals surface area (Å²) in [5, 5.41) is 0.811. The Balaban J connectivity index is 2.10. The third kappa shape index (κ3) is 2.46.